The number of carbonyl (C=O) groups excluding carboxylic acids is 1. The Balaban J connectivity index is 2.16. The van der Waals surface area contributed by atoms with Crippen LogP contribution in [0.4, 0.5) is 0 Å². The lowest BCUT2D eigenvalue weighted by Gasteiger charge is -2.32. The number of nitrogens with two attached hydrogens (primary N) is 1. The Morgan fingerprint density at radius 2 is 1.90 bits per heavy atom. The predicted molar refractivity (Wildman–Crippen MR) is 86.9 cm³/mol. The van der Waals surface area contributed by atoms with Gasteiger partial charge in [-0.1, -0.05) is 39.0 Å². The molecule has 1 atom stereocenters. The van der Waals surface area contributed by atoms with Crippen LogP contribution in [0.15, 0.2) is 18.2 Å². The first-order valence-corrected chi connectivity index (χ1v) is 8.26. The first kappa shape index (κ1) is 16.0. The van der Waals surface area contributed by atoms with Crippen LogP contribution in [-0.2, 0) is 17.8 Å². The van der Waals surface area contributed by atoms with Crippen molar-refractivity contribution in [2.24, 2.45) is 11.7 Å². The van der Waals surface area contributed by atoms with E-state index in [0.717, 1.165) is 38.8 Å². The first-order chi connectivity index (χ1) is 10.1. The minimum absolute atomic E-state index is 0.0976. The van der Waals surface area contributed by atoms with Crippen molar-refractivity contribution in [3.63, 3.8) is 0 Å². The van der Waals surface area contributed by atoms with E-state index in [1.54, 1.807) is 0 Å². The van der Waals surface area contributed by atoms with Gasteiger partial charge in [-0.05, 0) is 42.4 Å². The summed E-state index contributed by atoms with van der Waals surface area (Å²) >= 11 is 0. The van der Waals surface area contributed by atoms with Crippen LogP contribution in [0.25, 0.3) is 0 Å². The summed E-state index contributed by atoms with van der Waals surface area (Å²) in [6.45, 7) is 7.90. The summed E-state index contributed by atoms with van der Waals surface area (Å²) in [5.74, 6) is 0.489. The van der Waals surface area contributed by atoms with Crippen LogP contribution >= 0.6 is 0 Å². The van der Waals surface area contributed by atoms with Gasteiger partial charge >= 0.3 is 0 Å². The zero-order valence-electron chi connectivity index (χ0n) is 13.6. The number of carbonyl (C=O) groups is 1. The lowest BCUT2D eigenvalue weighted by Crippen LogP contribution is -2.39. The molecule has 1 aromatic rings. The van der Waals surface area contributed by atoms with Crippen LogP contribution in [0.5, 0.6) is 0 Å². The fourth-order valence-electron chi connectivity index (χ4n) is 3.13. The molecule has 0 aromatic heterocycles. The molecule has 0 fully saturated rings. The SMILES string of the molecule is CCC(CC)C(=O)N1CCc2ccc(C(N)CC)cc2C1. The van der Waals surface area contributed by atoms with Crippen molar-refractivity contribution in [1.29, 1.82) is 0 Å². The standard InChI is InChI=1S/C18H28N2O/c1-4-13(5-2)18(21)20-10-9-14-7-8-15(17(19)6-3)11-16(14)12-20/h7-8,11,13,17H,4-6,9-10,12,19H2,1-3H3. The quantitative estimate of drug-likeness (QED) is 0.902. The number of hydrogen-bond donors (Lipinski definition) is 1. The van der Waals surface area contributed by atoms with Crippen LogP contribution in [0.1, 0.15) is 62.8 Å². The molecule has 0 radical (unpaired) electrons. The van der Waals surface area contributed by atoms with Crippen molar-refractivity contribution in [1.82, 2.24) is 4.90 Å². The lowest BCUT2D eigenvalue weighted by atomic mass is 9.93. The van der Waals surface area contributed by atoms with Crippen LogP contribution in [0, 0.1) is 5.92 Å². The summed E-state index contributed by atoms with van der Waals surface area (Å²) in [6, 6.07) is 6.64. The third kappa shape index (κ3) is 3.46. The van der Waals surface area contributed by atoms with E-state index in [-0.39, 0.29) is 12.0 Å². The Hall–Kier alpha value is -1.35. The maximum Gasteiger partial charge on any atom is 0.225 e. The number of fused-ring (bicyclic) bond motifs is 1. The highest BCUT2D eigenvalue weighted by Gasteiger charge is 2.25. The van der Waals surface area contributed by atoms with E-state index < -0.39 is 0 Å². The van der Waals surface area contributed by atoms with Gasteiger partial charge in [-0.15, -0.1) is 0 Å². The minimum atomic E-state index is 0.0976. The first-order valence-electron chi connectivity index (χ1n) is 8.26. The number of amides is 1. The molecule has 3 heteroatoms. The second kappa shape index (κ2) is 7.08. The van der Waals surface area contributed by atoms with Crippen LogP contribution < -0.4 is 5.73 Å². The normalized spacial score (nSPS) is 16.0. The summed E-state index contributed by atoms with van der Waals surface area (Å²) in [5.41, 5.74) is 9.97. The Morgan fingerprint density at radius 3 is 2.52 bits per heavy atom. The van der Waals surface area contributed by atoms with E-state index >= 15 is 0 Å². The molecule has 1 aliphatic heterocycles. The van der Waals surface area contributed by atoms with Crippen LogP contribution in [-0.4, -0.2) is 17.4 Å². The number of rotatable bonds is 5. The Morgan fingerprint density at radius 1 is 1.19 bits per heavy atom. The van der Waals surface area contributed by atoms with Crippen molar-refractivity contribution in [2.75, 3.05) is 6.54 Å². The summed E-state index contributed by atoms with van der Waals surface area (Å²) < 4.78 is 0. The molecule has 2 rings (SSSR count). The van der Waals surface area contributed by atoms with Gasteiger partial charge in [0.1, 0.15) is 0 Å². The van der Waals surface area contributed by atoms with Crippen LogP contribution in [0.2, 0.25) is 0 Å². The van der Waals surface area contributed by atoms with E-state index in [2.05, 4.69) is 39.0 Å². The highest BCUT2D eigenvalue weighted by atomic mass is 16.2. The molecule has 21 heavy (non-hydrogen) atoms. The van der Waals surface area contributed by atoms with E-state index in [0.29, 0.717) is 5.91 Å². The zero-order valence-corrected chi connectivity index (χ0v) is 13.6. The molecule has 1 unspecified atom stereocenters. The fraction of sp³-hybridized carbons (Fsp3) is 0.611. The van der Waals surface area contributed by atoms with Gasteiger partial charge < -0.3 is 10.6 Å². The average molecular weight is 288 g/mol. The number of hydrogen-bond acceptors (Lipinski definition) is 2. The second-order valence-corrected chi connectivity index (χ2v) is 6.07. The van der Waals surface area contributed by atoms with Crippen LogP contribution in [0.3, 0.4) is 0 Å². The third-order valence-corrected chi connectivity index (χ3v) is 4.76. The summed E-state index contributed by atoms with van der Waals surface area (Å²) in [6.07, 6.45) is 3.76. The number of benzene rings is 1. The monoisotopic (exact) mass is 288 g/mol. The Kier molecular flexibility index (Phi) is 5.40. The smallest absolute Gasteiger partial charge is 0.225 e. The van der Waals surface area contributed by atoms with E-state index in [1.165, 1.54) is 16.7 Å². The molecule has 0 bridgehead atoms. The largest absolute Gasteiger partial charge is 0.338 e. The van der Waals surface area contributed by atoms with Crippen molar-refractivity contribution in [2.45, 2.75) is 59.0 Å². The Labute approximate surface area is 128 Å². The third-order valence-electron chi connectivity index (χ3n) is 4.76. The topological polar surface area (TPSA) is 46.3 Å². The molecule has 2 N–H and O–H groups in total. The molecule has 1 aliphatic rings. The maximum absolute atomic E-state index is 12.5. The van der Waals surface area contributed by atoms with E-state index in [9.17, 15) is 4.79 Å². The van der Waals surface area contributed by atoms with Crippen molar-refractivity contribution >= 4 is 5.91 Å². The molecular formula is C18H28N2O. The van der Waals surface area contributed by atoms with Crippen molar-refractivity contribution < 1.29 is 4.79 Å². The summed E-state index contributed by atoms with van der Waals surface area (Å²) in [7, 11) is 0. The fourth-order valence-corrected chi connectivity index (χ4v) is 3.13. The summed E-state index contributed by atoms with van der Waals surface area (Å²) in [5, 5.41) is 0. The summed E-state index contributed by atoms with van der Waals surface area (Å²) in [4.78, 5) is 14.6. The van der Waals surface area contributed by atoms with Crippen molar-refractivity contribution in [3.8, 4) is 0 Å². The lowest BCUT2D eigenvalue weighted by molar-refractivity contribution is -0.136. The molecule has 1 aromatic carbocycles. The van der Waals surface area contributed by atoms with E-state index in [4.69, 9.17) is 5.73 Å². The number of nitrogens with zero attached hydrogens (tertiary/aromatic N) is 1. The maximum atomic E-state index is 12.5. The molecule has 0 saturated carbocycles. The van der Waals surface area contributed by atoms with E-state index in [1.807, 2.05) is 4.90 Å². The molecule has 0 spiro atoms. The molecule has 0 aliphatic carbocycles. The van der Waals surface area contributed by atoms with Gasteiger partial charge in [0.25, 0.3) is 0 Å². The van der Waals surface area contributed by atoms with Gasteiger partial charge in [-0.3, -0.25) is 4.79 Å². The van der Waals surface area contributed by atoms with Gasteiger partial charge in [0.2, 0.25) is 5.91 Å². The minimum Gasteiger partial charge on any atom is -0.338 e. The van der Waals surface area contributed by atoms with Gasteiger partial charge in [-0.2, -0.15) is 0 Å². The average Bonchev–Trinajstić information content (AvgIpc) is 2.54. The Bertz CT molecular complexity index is 494. The molecule has 3 nitrogen and oxygen atoms in total. The molecular weight excluding hydrogens is 260 g/mol. The van der Waals surface area contributed by atoms with Crippen molar-refractivity contribution in [3.05, 3.63) is 34.9 Å². The molecule has 0 saturated heterocycles. The molecule has 116 valence electrons. The van der Waals surface area contributed by atoms with Gasteiger partial charge in [0.15, 0.2) is 0 Å². The predicted octanol–water partition coefficient (Wildman–Crippen LogP) is 3.42. The molecule has 1 heterocycles. The van der Waals surface area contributed by atoms with Gasteiger partial charge in [0.05, 0.1) is 0 Å². The highest BCUT2D eigenvalue weighted by Crippen LogP contribution is 2.25. The van der Waals surface area contributed by atoms with Gasteiger partial charge in [-0.25, -0.2) is 0 Å². The zero-order chi connectivity index (χ0) is 15.4. The molecule has 1 amide bonds. The van der Waals surface area contributed by atoms with Gasteiger partial charge in [0, 0.05) is 25.0 Å². The highest BCUT2D eigenvalue weighted by molar-refractivity contribution is 5.79. The second-order valence-electron chi connectivity index (χ2n) is 6.07.